The van der Waals surface area contributed by atoms with Crippen molar-refractivity contribution in [2.45, 2.75) is 82.0 Å². The van der Waals surface area contributed by atoms with Crippen LogP contribution in [0.2, 0.25) is 0 Å². The van der Waals surface area contributed by atoms with Crippen LogP contribution in [0.15, 0.2) is 11.6 Å². The Kier molecular flexibility index (Phi) is 4.33. The number of aliphatic hydroxyl groups excluding tert-OH is 2. The maximum atomic E-state index is 12.1. The second-order valence-corrected chi connectivity index (χ2v) is 10.8. The van der Waals surface area contributed by atoms with Gasteiger partial charge >= 0.3 is 5.97 Å². The Bertz CT molecular complexity index is 750. The normalized spacial score (nSPS) is 54.2. The van der Waals surface area contributed by atoms with Crippen LogP contribution in [0.1, 0.15) is 64.7 Å². The van der Waals surface area contributed by atoms with Crippen LogP contribution in [0.3, 0.4) is 0 Å². The molecule has 0 bridgehead atoms. The quantitative estimate of drug-likeness (QED) is 0.520. The smallest absolute Gasteiger partial charge is 0.331 e. The van der Waals surface area contributed by atoms with E-state index in [1.165, 1.54) is 0 Å². The number of hydrogen-bond acceptors (Lipinski definition) is 6. The summed E-state index contributed by atoms with van der Waals surface area (Å²) in [6.07, 6.45) is 7.02. The SMILES string of the molecule is C[C@]12CC[C@@H]3[C@H](CC[C@]4(O)C[C@@H](O)CC[C@]34CO)[C@@]1(O)CC[C@@H]2C1=CC(=O)OC1. The van der Waals surface area contributed by atoms with Crippen LogP contribution in [-0.2, 0) is 9.53 Å². The standard InChI is InChI=1S/C23H34O6/c1-20-6-3-17-18(4-8-22(27)11-15(25)2-7-21(17,22)13-24)23(20,28)9-5-16(20)14-10-19(26)29-12-14/h10,15-18,24-25,27-28H,2-9,11-13H2,1H3/t15-,16+,17+,18-,20+,21-,22-,23-/m0/s1. The van der Waals surface area contributed by atoms with Crippen LogP contribution < -0.4 is 0 Å². The molecule has 4 aliphatic carbocycles. The molecule has 8 atom stereocenters. The van der Waals surface area contributed by atoms with Crippen molar-refractivity contribution >= 4 is 5.97 Å². The Balaban J connectivity index is 1.51. The summed E-state index contributed by atoms with van der Waals surface area (Å²) >= 11 is 0. The number of aliphatic hydroxyl groups is 4. The summed E-state index contributed by atoms with van der Waals surface area (Å²) in [5.41, 5.74) is -1.88. The van der Waals surface area contributed by atoms with Crippen LogP contribution in [0.4, 0.5) is 0 Å². The largest absolute Gasteiger partial charge is 0.458 e. The molecule has 0 spiro atoms. The van der Waals surface area contributed by atoms with Crippen molar-refractivity contribution in [2.24, 2.45) is 28.6 Å². The van der Waals surface area contributed by atoms with Crippen LogP contribution in [0, 0.1) is 28.6 Å². The Morgan fingerprint density at radius 2 is 1.83 bits per heavy atom. The molecule has 29 heavy (non-hydrogen) atoms. The molecule has 6 nitrogen and oxygen atoms in total. The number of fused-ring (bicyclic) bond motifs is 5. The number of carbonyl (C=O) groups excluding carboxylic acids is 1. The number of ether oxygens (including phenoxy) is 1. The molecule has 162 valence electrons. The number of rotatable bonds is 2. The highest BCUT2D eigenvalue weighted by atomic mass is 16.5. The van der Waals surface area contributed by atoms with E-state index in [1.54, 1.807) is 6.08 Å². The third-order valence-electron chi connectivity index (χ3n) is 10.1. The molecule has 5 aliphatic rings. The average molecular weight is 407 g/mol. The van der Waals surface area contributed by atoms with E-state index in [4.69, 9.17) is 4.74 Å². The summed E-state index contributed by atoms with van der Waals surface area (Å²) in [4.78, 5) is 11.6. The fraction of sp³-hybridized carbons (Fsp3) is 0.870. The van der Waals surface area contributed by atoms with Crippen molar-refractivity contribution in [1.82, 2.24) is 0 Å². The Morgan fingerprint density at radius 3 is 2.52 bits per heavy atom. The van der Waals surface area contributed by atoms with Crippen molar-refractivity contribution in [3.63, 3.8) is 0 Å². The zero-order valence-electron chi connectivity index (χ0n) is 17.3. The predicted molar refractivity (Wildman–Crippen MR) is 105 cm³/mol. The van der Waals surface area contributed by atoms with E-state index in [0.29, 0.717) is 45.1 Å². The predicted octanol–water partition coefficient (Wildman–Crippen LogP) is 1.69. The van der Waals surface area contributed by atoms with Crippen LogP contribution in [0.5, 0.6) is 0 Å². The second kappa shape index (κ2) is 6.28. The molecule has 0 amide bonds. The zero-order chi connectivity index (χ0) is 20.7. The summed E-state index contributed by atoms with van der Waals surface area (Å²) in [7, 11) is 0. The highest BCUT2D eigenvalue weighted by Crippen LogP contribution is 2.70. The van der Waals surface area contributed by atoms with Gasteiger partial charge < -0.3 is 25.2 Å². The molecule has 0 saturated heterocycles. The van der Waals surface area contributed by atoms with Crippen molar-refractivity contribution in [1.29, 1.82) is 0 Å². The van der Waals surface area contributed by atoms with Gasteiger partial charge in [0.2, 0.25) is 0 Å². The van der Waals surface area contributed by atoms with Crippen LogP contribution >= 0.6 is 0 Å². The third-order valence-corrected chi connectivity index (χ3v) is 10.1. The van der Waals surface area contributed by atoms with Crippen molar-refractivity contribution in [2.75, 3.05) is 13.2 Å². The van der Waals surface area contributed by atoms with Gasteiger partial charge in [0.05, 0.1) is 23.9 Å². The number of carbonyl (C=O) groups is 1. The molecule has 0 aromatic heterocycles. The van der Waals surface area contributed by atoms with Crippen molar-refractivity contribution in [3.8, 4) is 0 Å². The molecule has 4 saturated carbocycles. The van der Waals surface area contributed by atoms with E-state index in [2.05, 4.69) is 6.92 Å². The fourth-order valence-corrected chi connectivity index (χ4v) is 8.52. The fourth-order valence-electron chi connectivity index (χ4n) is 8.52. The molecule has 0 aromatic carbocycles. The van der Waals surface area contributed by atoms with Gasteiger partial charge in [-0.2, -0.15) is 0 Å². The highest BCUT2D eigenvalue weighted by molar-refractivity contribution is 5.85. The third kappa shape index (κ3) is 2.40. The molecule has 6 heteroatoms. The van der Waals surface area contributed by atoms with Gasteiger partial charge in [0.15, 0.2) is 0 Å². The molecule has 1 heterocycles. The van der Waals surface area contributed by atoms with Gasteiger partial charge in [0.25, 0.3) is 0 Å². The molecular weight excluding hydrogens is 372 g/mol. The van der Waals surface area contributed by atoms with E-state index in [9.17, 15) is 25.2 Å². The summed E-state index contributed by atoms with van der Waals surface area (Å²) in [6, 6.07) is 0. The Hall–Kier alpha value is -0.950. The van der Waals surface area contributed by atoms with Gasteiger partial charge in [-0.3, -0.25) is 0 Å². The second-order valence-electron chi connectivity index (χ2n) is 10.8. The lowest BCUT2D eigenvalue weighted by Crippen LogP contribution is -2.69. The Morgan fingerprint density at radius 1 is 1.07 bits per heavy atom. The lowest BCUT2D eigenvalue weighted by molar-refractivity contribution is -0.269. The lowest BCUT2D eigenvalue weighted by Gasteiger charge is -2.66. The van der Waals surface area contributed by atoms with E-state index in [1.807, 2.05) is 0 Å². The molecule has 0 aromatic rings. The topological polar surface area (TPSA) is 107 Å². The van der Waals surface area contributed by atoms with E-state index in [-0.39, 0.29) is 35.7 Å². The van der Waals surface area contributed by atoms with Crippen molar-refractivity contribution in [3.05, 3.63) is 11.6 Å². The maximum absolute atomic E-state index is 12.1. The minimum absolute atomic E-state index is 0.0209. The summed E-state index contributed by atoms with van der Waals surface area (Å²) in [6.45, 7) is 2.41. The van der Waals surface area contributed by atoms with Crippen molar-refractivity contribution < 1.29 is 30.0 Å². The monoisotopic (exact) mass is 406 g/mol. The van der Waals surface area contributed by atoms with Crippen LogP contribution in [0.25, 0.3) is 0 Å². The highest BCUT2D eigenvalue weighted by Gasteiger charge is 2.71. The number of hydrogen-bond donors (Lipinski definition) is 4. The molecule has 0 radical (unpaired) electrons. The maximum Gasteiger partial charge on any atom is 0.331 e. The lowest BCUT2D eigenvalue weighted by atomic mass is 9.41. The van der Waals surface area contributed by atoms with E-state index >= 15 is 0 Å². The number of cyclic esters (lactones) is 1. The molecule has 4 N–H and O–H groups in total. The zero-order valence-corrected chi connectivity index (χ0v) is 17.3. The molecule has 1 aliphatic heterocycles. The van der Waals surface area contributed by atoms with Crippen LogP contribution in [-0.4, -0.2) is 56.9 Å². The summed E-state index contributed by atoms with van der Waals surface area (Å²) in [5.74, 6) is -0.0760. The van der Waals surface area contributed by atoms with Gasteiger partial charge in [-0.05, 0) is 74.7 Å². The average Bonchev–Trinajstić information content (AvgIpc) is 3.21. The minimum Gasteiger partial charge on any atom is -0.458 e. The summed E-state index contributed by atoms with van der Waals surface area (Å²) in [5, 5.41) is 44.4. The first-order chi connectivity index (χ1) is 13.7. The van der Waals surface area contributed by atoms with Gasteiger partial charge in [-0.25, -0.2) is 4.79 Å². The van der Waals surface area contributed by atoms with Gasteiger partial charge in [0, 0.05) is 23.3 Å². The summed E-state index contributed by atoms with van der Waals surface area (Å²) < 4.78 is 5.17. The molecule has 4 fully saturated rings. The molecule has 0 unspecified atom stereocenters. The first kappa shape index (κ1) is 20.0. The van der Waals surface area contributed by atoms with Gasteiger partial charge in [-0.15, -0.1) is 0 Å². The van der Waals surface area contributed by atoms with E-state index in [0.717, 1.165) is 24.8 Å². The first-order valence-corrected chi connectivity index (χ1v) is 11.3. The van der Waals surface area contributed by atoms with E-state index < -0.39 is 22.7 Å². The Labute approximate surface area is 172 Å². The van der Waals surface area contributed by atoms with Gasteiger partial charge in [-0.1, -0.05) is 6.92 Å². The minimum atomic E-state index is -1.06. The molecule has 5 rings (SSSR count). The number of esters is 1. The molecular formula is C23H34O6. The van der Waals surface area contributed by atoms with Gasteiger partial charge in [0.1, 0.15) is 6.61 Å². The first-order valence-electron chi connectivity index (χ1n) is 11.3.